The number of alkyl halides is 4. The minimum Gasteiger partial charge on any atom is -0.479 e. The Morgan fingerprint density at radius 2 is 1.96 bits per heavy atom. The molecule has 0 amide bonds. The van der Waals surface area contributed by atoms with Crippen LogP contribution < -0.4 is 14.2 Å². The van der Waals surface area contributed by atoms with Crippen molar-refractivity contribution in [2.45, 2.75) is 17.7 Å². The summed E-state index contributed by atoms with van der Waals surface area (Å²) in [5.41, 5.74) is 0.563. The van der Waals surface area contributed by atoms with Gasteiger partial charge in [0.15, 0.2) is 12.4 Å². The van der Waals surface area contributed by atoms with Gasteiger partial charge in [-0.2, -0.15) is 4.98 Å². The molecule has 0 radical (unpaired) electrons. The van der Waals surface area contributed by atoms with Crippen molar-refractivity contribution < 1.29 is 31.4 Å². The summed E-state index contributed by atoms with van der Waals surface area (Å²) >= 11 is 1.07. The van der Waals surface area contributed by atoms with Crippen LogP contribution in [0.1, 0.15) is 12.0 Å². The van der Waals surface area contributed by atoms with Gasteiger partial charge in [0.1, 0.15) is 5.69 Å². The normalized spacial score (nSPS) is 11.4. The van der Waals surface area contributed by atoms with Gasteiger partial charge in [-0.25, -0.2) is 22.0 Å². The number of halogens is 5. The van der Waals surface area contributed by atoms with Gasteiger partial charge < -0.3 is 19.2 Å². The van der Waals surface area contributed by atoms with E-state index in [0.717, 1.165) is 18.0 Å². The van der Waals surface area contributed by atoms with Crippen molar-refractivity contribution in [3.63, 3.8) is 0 Å². The van der Waals surface area contributed by atoms with Crippen LogP contribution in [-0.4, -0.2) is 30.1 Å². The first kappa shape index (κ1) is 20.1. The van der Waals surface area contributed by atoms with Crippen molar-refractivity contribution in [1.82, 2.24) is 9.97 Å². The second kappa shape index (κ2) is 8.55. The number of nitrogens with zero attached hydrogens (tertiary/aromatic N) is 1. The molecule has 2 heterocycles. The lowest BCUT2D eigenvalue weighted by molar-refractivity contribution is 0.0770. The van der Waals surface area contributed by atoms with Gasteiger partial charge >= 0.3 is 0 Å². The lowest BCUT2D eigenvalue weighted by Gasteiger charge is -2.12. The van der Waals surface area contributed by atoms with Crippen molar-refractivity contribution >= 4 is 28.5 Å². The molecule has 1 aromatic carbocycles. The van der Waals surface area contributed by atoms with Gasteiger partial charge in [-0.15, -0.1) is 0 Å². The van der Waals surface area contributed by atoms with E-state index in [1.165, 1.54) is 19.2 Å². The minimum atomic E-state index is -2.77. The number of fused-ring (bicyclic) bond motifs is 1. The number of hydrogen-bond acceptors (Lipinski definition) is 5. The van der Waals surface area contributed by atoms with Crippen LogP contribution >= 0.6 is 11.9 Å². The molecule has 3 aromatic rings. The summed E-state index contributed by atoms with van der Waals surface area (Å²) in [5, 5.41) is 0.686. The number of methoxy groups -OCH3 is 1. The highest BCUT2D eigenvalue weighted by molar-refractivity contribution is 8.00. The summed E-state index contributed by atoms with van der Waals surface area (Å²) in [6.07, 6.45) is -3.74. The second-order valence-electron chi connectivity index (χ2n) is 5.50. The molecule has 0 aliphatic heterocycles. The van der Waals surface area contributed by atoms with Crippen LogP contribution in [0.3, 0.4) is 0 Å². The smallest absolute Gasteiger partial charge is 0.272 e. The van der Waals surface area contributed by atoms with Gasteiger partial charge in [-0.05, 0) is 18.0 Å². The summed E-state index contributed by atoms with van der Waals surface area (Å²) in [4.78, 5) is 7.29. The fourth-order valence-corrected chi connectivity index (χ4v) is 3.15. The summed E-state index contributed by atoms with van der Waals surface area (Å²) < 4.78 is 76.6. The Morgan fingerprint density at radius 1 is 1.18 bits per heavy atom. The standard InChI is InChI=1S/C17H14F5N3O2S/c1-26-17-12(5-10(18)16(24-17)27-7-14(19)20)25-28-13-6-23-11-4-8(15(21)22)2-3-9(11)13/h2-6,14-15,23,25H,7H2,1H3. The SMILES string of the molecule is COc1nc(OCC(F)F)c(F)cc1NSc1c[nH]c2cc(C(F)F)ccc12. The topological polar surface area (TPSA) is 59.2 Å². The highest BCUT2D eigenvalue weighted by Gasteiger charge is 2.17. The molecule has 0 aliphatic carbocycles. The van der Waals surface area contributed by atoms with Gasteiger partial charge in [0.25, 0.3) is 18.7 Å². The Kier molecular flexibility index (Phi) is 6.12. The van der Waals surface area contributed by atoms with Crippen LogP contribution in [0.5, 0.6) is 11.8 Å². The number of hydrogen-bond donors (Lipinski definition) is 2. The average molecular weight is 419 g/mol. The molecule has 3 rings (SSSR count). The Morgan fingerprint density at radius 3 is 2.64 bits per heavy atom. The maximum absolute atomic E-state index is 14.0. The Bertz CT molecular complexity index is 967. The second-order valence-corrected chi connectivity index (χ2v) is 6.35. The molecule has 5 nitrogen and oxygen atoms in total. The number of pyridine rings is 1. The molecule has 28 heavy (non-hydrogen) atoms. The molecular weight excluding hydrogens is 405 g/mol. The zero-order valence-corrected chi connectivity index (χ0v) is 15.1. The third kappa shape index (κ3) is 4.41. The molecule has 0 fully saturated rings. The third-order valence-electron chi connectivity index (χ3n) is 3.64. The van der Waals surface area contributed by atoms with E-state index in [9.17, 15) is 22.0 Å². The first-order chi connectivity index (χ1) is 13.4. The van der Waals surface area contributed by atoms with Crippen LogP contribution in [0.25, 0.3) is 10.9 Å². The lowest BCUT2D eigenvalue weighted by Crippen LogP contribution is -2.10. The monoisotopic (exact) mass is 419 g/mol. The summed E-state index contributed by atoms with van der Waals surface area (Å²) in [5.74, 6) is -1.60. The van der Waals surface area contributed by atoms with Crippen LogP contribution in [-0.2, 0) is 0 Å². The number of rotatable bonds is 8. The molecule has 0 spiro atoms. The van der Waals surface area contributed by atoms with E-state index in [1.807, 2.05) is 0 Å². The van der Waals surface area contributed by atoms with Gasteiger partial charge in [-0.3, -0.25) is 0 Å². The molecule has 0 bridgehead atoms. The number of benzene rings is 1. The molecule has 150 valence electrons. The molecule has 0 atom stereocenters. The van der Waals surface area contributed by atoms with E-state index in [1.54, 1.807) is 12.3 Å². The molecule has 2 aromatic heterocycles. The third-order valence-corrected chi connectivity index (χ3v) is 4.52. The highest BCUT2D eigenvalue weighted by Crippen LogP contribution is 2.35. The summed E-state index contributed by atoms with van der Waals surface area (Å²) in [6.45, 7) is -0.995. The average Bonchev–Trinajstić information content (AvgIpc) is 3.07. The zero-order chi connectivity index (χ0) is 20.3. The molecule has 0 saturated carbocycles. The van der Waals surface area contributed by atoms with Crippen LogP contribution in [0.4, 0.5) is 27.6 Å². The number of nitrogens with one attached hydrogen (secondary N) is 2. The van der Waals surface area contributed by atoms with E-state index >= 15 is 0 Å². The predicted molar refractivity (Wildman–Crippen MR) is 95.0 cm³/mol. The van der Waals surface area contributed by atoms with Crippen molar-refractivity contribution in [1.29, 1.82) is 0 Å². The van der Waals surface area contributed by atoms with Gasteiger partial charge in [0, 0.05) is 28.7 Å². The molecule has 0 aliphatic rings. The van der Waals surface area contributed by atoms with Gasteiger partial charge in [0.05, 0.1) is 12.0 Å². The zero-order valence-electron chi connectivity index (χ0n) is 14.3. The Hall–Kier alpha value is -2.69. The lowest BCUT2D eigenvalue weighted by atomic mass is 10.2. The van der Waals surface area contributed by atoms with E-state index < -0.39 is 31.2 Å². The van der Waals surface area contributed by atoms with E-state index in [4.69, 9.17) is 4.74 Å². The Balaban J connectivity index is 1.78. The largest absolute Gasteiger partial charge is 0.479 e. The van der Waals surface area contributed by atoms with Crippen molar-refractivity contribution in [2.75, 3.05) is 18.4 Å². The van der Waals surface area contributed by atoms with Crippen LogP contribution in [0.15, 0.2) is 35.4 Å². The van der Waals surface area contributed by atoms with E-state index in [2.05, 4.69) is 19.4 Å². The number of aromatic nitrogens is 2. The minimum absolute atomic E-state index is 0.0574. The van der Waals surface area contributed by atoms with E-state index in [0.29, 0.717) is 15.8 Å². The maximum atomic E-state index is 14.0. The first-order valence-corrected chi connectivity index (χ1v) is 8.68. The molecule has 2 N–H and O–H groups in total. The molecular formula is C17H14F5N3O2S. The predicted octanol–water partition coefficient (Wildman–Crippen LogP) is 5.41. The highest BCUT2D eigenvalue weighted by atomic mass is 32.2. The fraction of sp³-hybridized carbons (Fsp3) is 0.235. The fourth-order valence-electron chi connectivity index (χ4n) is 2.38. The number of aromatic amines is 1. The van der Waals surface area contributed by atoms with Crippen LogP contribution in [0, 0.1) is 5.82 Å². The van der Waals surface area contributed by atoms with E-state index in [-0.39, 0.29) is 17.1 Å². The summed E-state index contributed by atoms with van der Waals surface area (Å²) in [7, 11) is 1.28. The van der Waals surface area contributed by atoms with Crippen molar-refractivity contribution in [3.8, 4) is 11.8 Å². The number of anilines is 1. The molecule has 0 saturated heterocycles. The number of ether oxygens (including phenoxy) is 2. The van der Waals surface area contributed by atoms with Gasteiger partial charge in [0.2, 0.25) is 5.88 Å². The van der Waals surface area contributed by atoms with Gasteiger partial charge in [-0.1, -0.05) is 12.1 Å². The Labute approximate surface area is 160 Å². The molecule has 0 unspecified atom stereocenters. The van der Waals surface area contributed by atoms with Crippen molar-refractivity contribution in [2.24, 2.45) is 0 Å². The maximum Gasteiger partial charge on any atom is 0.272 e. The number of H-pyrrole nitrogens is 1. The summed E-state index contributed by atoms with van der Waals surface area (Å²) in [6, 6.07) is 5.22. The van der Waals surface area contributed by atoms with Crippen molar-refractivity contribution in [3.05, 3.63) is 41.8 Å². The quantitative estimate of drug-likeness (QED) is 0.378. The molecule has 11 heteroatoms. The first-order valence-electron chi connectivity index (χ1n) is 7.86. The van der Waals surface area contributed by atoms with Crippen LogP contribution in [0.2, 0.25) is 0 Å².